The first-order chi connectivity index (χ1) is 26.6. The summed E-state index contributed by atoms with van der Waals surface area (Å²) in [5, 5.41) is 8.54. The van der Waals surface area contributed by atoms with E-state index in [2.05, 4.69) is 106 Å². The van der Waals surface area contributed by atoms with E-state index in [1.54, 1.807) is 12.1 Å². The lowest BCUT2D eigenvalue weighted by Crippen LogP contribution is -2.29. The number of anilines is 1. The van der Waals surface area contributed by atoms with E-state index in [1.165, 1.54) is 15.7 Å². The molecular weight excluding hydrogens is 667 g/mol. The van der Waals surface area contributed by atoms with Gasteiger partial charge in [-0.3, -0.25) is 9.59 Å². The molecule has 3 aromatic heterocycles. The lowest BCUT2D eigenvalue weighted by molar-refractivity contribution is 0.0926. The Morgan fingerprint density at radius 3 is 1.81 bits per heavy atom. The van der Waals surface area contributed by atoms with Crippen LogP contribution in [0.1, 0.15) is 20.7 Å². The summed E-state index contributed by atoms with van der Waals surface area (Å²) in [5.41, 5.74) is 8.65. The monoisotopic (exact) mass is 693 g/mol. The van der Waals surface area contributed by atoms with Crippen LogP contribution in [0.2, 0.25) is 0 Å². The summed E-state index contributed by atoms with van der Waals surface area (Å²) in [6.07, 6.45) is 0. The number of fused-ring (bicyclic) bond motifs is 11. The van der Waals surface area contributed by atoms with Crippen LogP contribution in [0.4, 0.5) is 5.69 Å². The number of nitrogens with zero attached hydrogens (tertiary/aromatic N) is 3. The Bertz CT molecular complexity index is 3450. The highest BCUT2D eigenvalue weighted by Crippen LogP contribution is 2.42. The SMILES string of the molecule is O=C1c2cccc(-n3c4ccccc4c4cc5c(cc43)c3ccccc3n5-c3ccc4ccccc4c3)c2C(=O)N1c1ccc2oc3ccccc3c2c1. The minimum atomic E-state index is -0.349. The van der Waals surface area contributed by atoms with Gasteiger partial charge in [0, 0.05) is 38.0 Å². The summed E-state index contributed by atoms with van der Waals surface area (Å²) in [4.78, 5) is 30.1. The van der Waals surface area contributed by atoms with Crippen molar-refractivity contribution in [3.8, 4) is 11.4 Å². The third kappa shape index (κ3) is 3.83. The molecule has 0 saturated heterocycles. The highest BCUT2D eigenvalue weighted by atomic mass is 16.3. The molecule has 4 heterocycles. The number of para-hydroxylation sites is 3. The topological polar surface area (TPSA) is 60.4 Å². The number of imide groups is 1. The molecule has 0 unspecified atom stereocenters. The quantitative estimate of drug-likeness (QED) is 0.173. The number of rotatable bonds is 3. The van der Waals surface area contributed by atoms with Crippen LogP contribution in [0.15, 0.2) is 168 Å². The fourth-order valence-corrected chi connectivity index (χ4v) is 8.83. The molecule has 11 aromatic rings. The second-order valence-electron chi connectivity index (χ2n) is 14.0. The summed E-state index contributed by atoms with van der Waals surface area (Å²) in [5.74, 6) is -0.691. The molecule has 0 saturated carbocycles. The molecule has 6 nitrogen and oxygen atoms in total. The van der Waals surface area contributed by atoms with E-state index in [9.17, 15) is 9.59 Å². The Morgan fingerprint density at radius 2 is 1.02 bits per heavy atom. The zero-order chi connectivity index (χ0) is 35.7. The van der Waals surface area contributed by atoms with Crippen molar-refractivity contribution in [3.05, 3.63) is 175 Å². The van der Waals surface area contributed by atoms with Crippen molar-refractivity contribution in [1.29, 1.82) is 0 Å². The van der Waals surface area contributed by atoms with Crippen LogP contribution in [-0.2, 0) is 0 Å². The first kappa shape index (κ1) is 29.2. The average molecular weight is 694 g/mol. The van der Waals surface area contributed by atoms with Gasteiger partial charge in [0.2, 0.25) is 0 Å². The van der Waals surface area contributed by atoms with Gasteiger partial charge in [0.05, 0.1) is 44.6 Å². The number of carbonyl (C=O) groups is 2. The lowest BCUT2D eigenvalue weighted by Gasteiger charge is -2.15. The van der Waals surface area contributed by atoms with E-state index in [0.29, 0.717) is 28.1 Å². The van der Waals surface area contributed by atoms with E-state index in [0.717, 1.165) is 65.7 Å². The third-order valence-electron chi connectivity index (χ3n) is 11.2. The number of aromatic nitrogens is 2. The summed E-state index contributed by atoms with van der Waals surface area (Å²) in [6.45, 7) is 0. The van der Waals surface area contributed by atoms with Gasteiger partial charge in [-0.1, -0.05) is 91.0 Å². The van der Waals surface area contributed by atoms with Crippen molar-refractivity contribution < 1.29 is 14.0 Å². The number of hydrogen-bond acceptors (Lipinski definition) is 3. The zero-order valence-electron chi connectivity index (χ0n) is 28.7. The minimum Gasteiger partial charge on any atom is -0.456 e. The minimum absolute atomic E-state index is 0.342. The van der Waals surface area contributed by atoms with E-state index < -0.39 is 0 Å². The maximum Gasteiger partial charge on any atom is 0.268 e. The smallest absolute Gasteiger partial charge is 0.268 e. The molecule has 0 radical (unpaired) electrons. The van der Waals surface area contributed by atoms with Gasteiger partial charge in [-0.2, -0.15) is 0 Å². The van der Waals surface area contributed by atoms with Crippen LogP contribution in [0.3, 0.4) is 0 Å². The van der Waals surface area contributed by atoms with Gasteiger partial charge < -0.3 is 13.6 Å². The summed E-state index contributed by atoms with van der Waals surface area (Å²) < 4.78 is 10.6. The van der Waals surface area contributed by atoms with Gasteiger partial charge in [-0.05, 0) is 83.6 Å². The second-order valence-corrected chi connectivity index (χ2v) is 14.0. The van der Waals surface area contributed by atoms with Crippen molar-refractivity contribution in [1.82, 2.24) is 9.13 Å². The highest BCUT2D eigenvalue weighted by molar-refractivity contribution is 6.36. The van der Waals surface area contributed by atoms with Crippen LogP contribution < -0.4 is 4.90 Å². The average Bonchev–Trinajstić information content (AvgIpc) is 3.93. The molecule has 1 aliphatic heterocycles. The van der Waals surface area contributed by atoms with E-state index in [4.69, 9.17) is 4.42 Å². The predicted octanol–water partition coefficient (Wildman–Crippen LogP) is 11.7. The van der Waals surface area contributed by atoms with E-state index >= 15 is 0 Å². The number of amides is 2. The van der Waals surface area contributed by atoms with Crippen molar-refractivity contribution in [3.63, 3.8) is 0 Å². The summed E-state index contributed by atoms with van der Waals surface area (Å²) in [6, 6.07) is 55.3. The highest BCUT2D eigenvalue weighted by Gasteiger charge is 2.39. The maximum absolute atomic E-state index is 14.6. The van der Waals surface area contributed by atoms with Gasteiger partial charge in [-0.25, -0.2) is 4.90 Å². The number of carbonyl (C=O) groups excluding carboxylic acids is 2. The molecule has 2 amide bonds. The molecule has 0 aliphatic carbocycles. The Balaban J connectivity index is 1.09. The normalized spacial score (nSPS) is 13.2. The van der Waals surface area contributed by atoms with Gasteiger partial charge >= 0.3 is 0 Å². The molecule has 0 fully saturated rings. The molecule has 0 N–H and O–H groups in total. The van der Waals surface area contributed by atoms with Crippen molar-refractivity contribution >= 4 is 93.8 Å². The molecule has 54 heavy (non-hydrogen) atoms. The molecular formula is C48H27N3O3. The summed E-state index contributed by atoms with van der Waals surface area (Å²) in [7, 11) is 0. The molecule has 0 bridgehead atoms. The van der Waals surface area contributed by atoms with Gasteiger partial charge in [-0.15, -0.1) is 0 Å². The molecule has 1 aliphatic rings. The van der Waals surface area contributed by atoms with Gasteiger partial charge in [0.1, 0.15) is 11.2 Å². The van der Waals surface area contributed by atoms with Gasteiger partial charge in [0.25, 0.3) is 11.8 Å². The van der Waals surface area contributed by atoms with E-state index in [1.807, 2.05) is 54.6 Å². The van der Waals surface area contributed by atoms with Crippen LogP contribution >= 0.6 is 0 Å². The standard InChI is InChI=1S/C48H27N3O3/c52-47-35-15-9-18-41(46(35)48(53)50(47)31-22-23-45-38(25-31)34-14-5-8-19-44(34)54-45)51-40-17-7-4-13-33(40)37-26-42-36(27-43(37)51)32-12-3-6-16-39(32)49(42)30-21-20-28-10-1-2-11-29(28)24-30/h1-27H. The summed E-state index contributed by atoms with van der Waals surface area (Å²) >= 11 is 0. The molecule has 0 spiro atoms. The molecule has 252 valence electrons. The fraction of sp³-hybridized carbons (Fsp3) is 0. The Labute approximate surface area is 307 Å². The molecule has 12 rings (SSSR count). The third-order valence-corrected chi connectivity index (χ3v) is 11.2. The fourth-order valence-electron chi connectivity index (χ4n) is 8.83. The van der Waals surface area contributed by atoms with Crippen LogP contribution in [-0.4, -0.2) is 20.9 Å². The van der Waals surface area contributed by atoms with Gasteiger partial charge in [0.15, 0.2) is 0 Å². The van der Waals surface area contributed by atoms with Crippen molar-refractivity contribution in [2.45, 2.75) is 0 Å². The lowest BCUT2D eigenvalue weighted by atomic mass is 10.1. The van der Waals surface area contributed by atoms with Crippen LogP contribution in [0.25, 0.3) is 87.7 Å². The first-order valence-electron chi connectivity index (χ1n) is 18.0. The van der Waals surface area contributed by atoms with Crippen molar-refractivity contribution in [2.24, 2.45) is 0 Å². The molecule has 6 heteroatoms. The van der Waals surface area contributed by atoms with Crippen LogP contribution in [0.5, 0.6) is 0 Å². The number of furan rings is 1. The number of benzene rings is 8. The Kier molecular flexibility index (Phi) is 5.70. The molecule has 0 atom stereocenters. The van der Waals surface area contributed by atoms with Crippen molar-refractivity contribution in [2.75, 3.05) is 4.90 Å². The molecule has 8 aromatic carbocycles. The predicted molar refractivity (Wildman–Crippen MR) is 217 cm³/mol. The number of hydrogen-bond donors (Lipinski definition) is 0. The Hall–Kier alpha value is -7.44. The van der Waals surface area contributed by atoms with Crippen LogP contribution in [0, 0.1) is 0 Å². The first-order valence-corrected chi connectivity index (χ1v) is 18.0. The maximum atomic E-state index is 14.6. The Morgan fingerprint density at radius 1 is 0.389 bits per heavy atom. The van der Waals surface area contributed by atoms with E-state index in [-0.39, 0.29) is 11.8 Å². The zero-order valence-corrected chi connectivity index (χ0v) is 28.7. The second kappa shape index (κ2) is 10.6. The largest absolute Gasteiger partial charge is 0.456 e.